The summed E-state index contributed by atoms with van der Waals surface area (Å²) in [7, 11) is 0. The molecule has 0 saturated heterocycles. The van der Waals surface area contributed by atoms with E-state index in [0.717, 1.165) is 18.4 Å². The Morgan fingerprint density at radius 3 is 2.50 bits per heavy atom. The number of pyridine rings is 1. The van der Waals surface area contributed by atoms with Gasteiger partial charge in [0, 0.05) is 23.7 Å². The van der Waals surface area contributed by atoms with Gasteiger partial charge < -0.3 is 26.3 Å². The molecule has 1 aliphatic rings. The number of nitrogens with zero attached hydrogens (tertiary/aromatic N) is 1. The number of amides is 2. The highest BCUT2D eigenvalue weighted by atomic mass is 19.1. The number of ether oxygens (including phenoxy) is 2. The maximum atomic E-state index is 14.9. The minimum absolute atomic E-state index is 0.0213. The first-order chi connectivity index (χ1) is 17.4. The summed E-state index contributed by atoms with van der Waals surface area (Å²) in [4.78, 5) is 28.8. The number of fused-ring (bicyclic) bond motifs is 1. The number of aromatic nitrogens is 1. The van der Waals surface area contributed by atoms with Gasteiger partial charge in [-0.25, -0.2) is 4.39 Å². The SMILES string of the molecule is NC(=O)c1cc2c(Oc3ccc(C(=O)NC4CC4)c(F)c3N)ccnc2cc1OCc1ccccc1. The first-order valence-corrected chi connectivity index (χ1v) is 11.4. The van der Waals surface area contributed by atoms with Gasteiger partial charge in [-0.2, -0.15) is 0 Å². The number of primary amides is 1. The standard InChI is InChI=1S/C27H23FN4O4/c28-24-17(27(34)32-16-6-7-16)8-9-22(25(24)29)36-21-10-11-31-20-13-23(19(26(30)33)12-18(20)21)35-14-15-4-2-1-3-5-15/h1-5,8-13,16H,6-7,14,29H2,(H2,30,33)(H,32,34). The molecule has 0 bridgehead atoms. The Bertz CT molecular complexity index is 1470. The number of rotatable bonds is 8. The molecule has 1 aromatic heterocycles. The number of nitrogens with two attached hydrogens (primary N) is 2. The van der Waals surface area contributed by atoms with Gasteiger partial charge in [0.2, 0.25) is 0 Å². The van der Waals surface area contributed by atoms with Crippen molar-refractivity contribution in [1.29, 1.82) is 0 Å². The summed E-state index contributed by atoms with van der Waals surface area (Å²) in [6.07, 6.45) is 3.27. The van der Waals surface area contributed by atoms with Crippen molar-refractivity contribution in [3.8, 4) is 17.2 Å². The van der Waals surface area contributed by atoms with Gasteiger partial charge in [0.25, 0.3) is 11.8 Å². The Morgan fingerprint density at radius 1 is 1.00 bits per heavy atom. The second kappa shape index (κ2) is 9.53. The van der Waals surface area contributed by atoms with Crippen LogP contribution < -0.4 is 26.3 Å². The molecule has 5 rings (SSSR count). The second-order valence-corrected chi connectivity index (χ2v) is 8.50. The molecule has 0 atom stereocenters. The van der Waals surface area contributed by atoms with Gasteiger partial charge in [0.15, 0.2) is 11.6 Å². The third kappa shape index (κ3) is 4.76. The highest BCUT2D eigenvalue weighted by Crippen LogP contribution is 2.36. The average molecular weight is 487 g/mol. The number of anilines is 1. The Hall–Kier alpha value is -4.66. The third-order valence-electron chi connectivity index (χ3n) is 5.82. The molecule has 0 radical (unpaired) electrons. The molecule has 1 aliphatic carbocycles. The predicted octanol–water partition coefficient (Wildman–Crippen LogP) is 4.32. The lowest BCUT2D eigenvalue weighted by molar-refractivity contribution is 0.0945. The Labute approximate surface area is 206 Å². The third-order valence-corrected chi connectivity index (χ3v) is 5.82. The van der Waals surface area contributed by atoms with Crippen LogP contribution in [0.25, 0.3) is 10.9 Å². The lowest BCUT2D eigenvalue weighted by Crippen LogP contribution is -2.26. The van der Waals surface area contributed by atoms with Gasteiger partial charge in [-0.3, -0.25) is 14.6 Å². The lowest BCUT2D eigenvalue weighted by Gasteiger charge is -2.15. The summed E-state index contributed by atoms with van der Waals surface area (Å²) in [5, 5.41) is 3.19. The van der Waals surface area contributed by atoms with E-state index in [2.05, 4.69) is 10.3 Å². The molecule has 2 amide bonds. The van der Waals surface area contributed by atoms with Crippen LogP contribution in [0.4, 0.5) is 10.1 Å². The fraction of sp³-hybridized carbons (Fsp3) is 0.148. The van der Waals surface area contributed by atoms with E-state index in [1.54, 1.807) is 12.1 Å². The van der Waals surface area contributed by atoms with Crippen molar-refractivity contribution in [3.05, 3.63) is 89.4 Å². The van der Waals surface area contributed by atoms with Crippen molar-refractivity contribution in [2.75, 3.05) is 5.73 Å². The first kappa shape index (κ1) is 23.1. The minimum atomic E-state index is -0.863. The van der Waals surface area contributed by atoms with Gasteiger partial charge in [-0.15, -0.1) is 0 Å². The van der Waals surface area contributed by atoms with Crippen LogP contribution in [0.3, 0.4) is 0 Å². The van der Waals surface area contributed by atoms with Crippen LogP contribution in [-0.2, 0) is 6.61 Å². The van der Waals surface area contributed by atoms with E-state index in [1.807, 2.05) is 30.3 Å². The number of hydrogen-bond donors (Lipinski definition) is 3. The van der Waals surface area contributed by atoms with E-state index in [9.17, 15) is 14.0 Å². The Kier molecular flexibility index (Phi) is 6.12. The van der Waals surface area contributed by atoms with E-state index >= 15 is 0 Å². The molecule has 0 aliphatic heterocycles. The minimum Gasteiger partial charge on any atom is -0.488 e. The van der Waals surface area contributed by atoms with Crippen molar-refractivity contribution in [2.24, 2.45) is 5.73 Å². The summed E-state index contributed by atoms with van der Waals surface area (Å²) in [5.74, 6) is -1.49. The molecule has 1 saturated carbocycles. The summed E-state index contributed by atoms with van der Waals surface area (Å²) >= 11 is 0. The lowest BCUT2D eigenvalue weighted by atomic mass is 10.1. The number of hydrogen-bond acceptors (Lipinski definition) is 6. The molecule has 8 nitrogen and oxygen atoms in total. The molecule has 3 aromatic carbocycles. The number of halogens is 1. The van der Waals surface area contributed by atoms with E-state index in [1.165, 1.54) is 24.4 Å². The molecular weight excluding hydrogens is 463 g/mol. The molecule has 0 unspecified atom stereocenters. The predicted molar refractivity (Wildman–Crippen MR) is 132 cm³/mol. The van der Waals surface area contributed by atoms with E-state index in [-0.39, 0.29) is 46.7 Å². The van der Waals surface area contributed by atoms with Crippen molar-refractivity contribution < 1.29 is 23.5 Å². The van der Waals surface area contributed by atoms with Crippen LogP contribution in [0.5, 0.6) is 17.2 Å². The van der Waals surface area contributed by atoms with Gasteiger partial charge >= 0.3 is 0 Å². The van der Waals surface area contributed by atoms with Gasteiger partial charge in [-0.1, -0.05) is 30.3 Å². The molecule has 0 spiro atoms. The molecule has 9 heteroatoms. The zero-order chi connectivity index (χ0) is 25.2. The van der Waals surface area contributed by atoms with Crippen molar-refractivity contribution in [3.63, 3.8) is 0 Å². The number of nitrogen functional groups attached to an aromatic ring is 1. The quantitative estimate of drug-likeness (QED) is 0.318. The molecule has 4 aromatic rings. The van der Waals surface area contributed by atoms with Crippen LogP contribution >= 0.6 is 0 Å². The van der Waals surface area contributed by atoms with E-state index < -0.39 is 17.6 Å². The molecule has 1 fully saturated rings. The maximum absolute atomic E-state index is 14.9. The van der Waals surface area contributed by atoms with Crippen molar-refractivity contribution in [2.45, 2.75) is 25.5 Å². The van der Waals surface area contributed by atoms with Crippen LogP contribution in [0.15, 0.2) is 66.9 Å². The van der Waals surface area contributed by atoms with E-state index in [0.29, 0.717) is 10.9 Å². The van der Waals surface area contributed by atoms with Crippen molar-refractivity contribution in [1.82, 2.24) is 10.3 Å². The van der Waals surface area contributed by atoms with Crippen molar-refractivity contribution >= 4 is 28.4 Å². The van der Waals surface area contributed by atoms with Crippen LogP contribution in [0.1, 0.15) is 39.1 Å². The van der Waals surface area contributed by atoms with Gasteiger partial charge in [0.1, 0.15) is 23.8 Å². The Balaban J connectivity index is 1.45. The van der Waals surface area contributed by atoms with Crippen LogP contribution in [0, 0.1) is 5.82 Å². The molecule has 182 valence electrons. The fourth-order valence-corrected chi connectivity index (χ4v) is 3.73. The van der Waals surface area contributed by atoms with Crippen LogP contribution in [-0.4, -0.2) is 22.8 Å². The smallest absolute Gasteiger partial charge is 0.254 e. The zero-order valence-electron chi connectivity index (χ0n) is 19.2. The first-order valence-electron chi connectivity index (χ1n) is 11.4. The maximum Gasteiger partial charge on any atom is 0.254 e. The summed E-state index contributed by atoms with van der Waals surface area (Å²) in [6.45, 7) is 0.235. The largest absolute Gasteiger partial charge is 0.488 e. The zero-order valence-corrected chi connectivity index (χ0v) is 19.2. The molecular formula is C27H23FN4O4. The fourth-order valence-electron chi connectivity index (χ4n) is 3.73. The van der Waals surface area contributed by atoms with Gasteiger partial charge in [-0.05, 0) is 42.7 Å². The highest BCUT2D eigenvalue weighted by Gasteiger charge is 2.26. The number of carbonyl (C=O) groups is 2. The molecule has 5 N–H and O–H groups in total. The molecule has 36 heavy (non-hydrogen) atoms. The number of carbonyl (C=O) groups excluding carboxylic acids is 2. The Morgan fingerprint density at radius 2 is 1.78 bits per heavy atom. The summed E-state index contributed by atoms with van der Waals surface area (Å²) < 4.78 is 26.7. The highest BCUT2D eigenvalue weighted by molar-refractivity contribution is 6.01. The normalized spacial score (nSPS) is 12.8. The summed E-state index contributed by atoms with van der Waals surface area (Å²) in [5.41, 5.74) is 12.7. The number of benzene rings is 3. The average Bonchev–Trinajstić information content (AvgIpc) is 3.69. The van der Waals surface area contributed by atoms with Gasteiger partial charge in [0.05, 0.1) is 16.6 Å². The second-order valence-electron chi connectivity index (χ2n) is 8.50. The number of nitrogens with one attached hydrogen (secondary N) is 1. The summed E-state index contributed by atoms with van der Waals surface area (Å²) in [6, 6.07) is 17.0. The van der Waals surface area contributed by atoms with E-state index in [4.69, 9.17) is 20.9 Å². The monoisotopic (exact) mass is 486 g/mol. The van der Waals surface area contributed by atoms with Crippen LogP contribution in [0.2, 0.25) is 0 Å². The molecule has 1 heterocycles. The topological polar surface area (TPSA) is 130 Å².